The molecule has 21 heteroatoms. The van der Waals surface area contributed by atoms with Crippen LogP contribution in [0, 0.1) is 46.3 Å². The Morgan fingerprint density at radius 2 is 1.23 bits per heavy atom. The van der Waals surface area contributed by atoms with Crippen molar-refractivity contribution in [3.8, 4) is 0 Å². The van der Waals surface area contributed by atoms with Gasteiger partial charge < -0.3 is 104 Å². The molecule has 3 saturated carbocycles. The van der Waals surface area contributed by atoms with E-state index in [1.54, 1.807) is 0 Å². The van der Waals surface area contributed by atoms with Gasteiger partial charge in [-0.25, -0.2) is 0 Å². The molecule has 0 aromatic carbocycles. The zero-order valence-electron chi connectivity index (χ0n) is 41.5. The van der Waals surface area contributed by atoms with Crippen LogP contribution in [0.25, 0.3) is 0 Å². The highest BCUT2D eigenvalue weighted by Gasteiger charge is 2.69. The summed E-state index contributed by atoms with van der Waals surface area (Å²) < 4.78 is 61.1. The van der Waals surface area contributed by atoms with Crippen molar-refractivity contribution < 1.29 is 104 Å². The number of hydrogen-bond donors (Lipinski definition) is 11. The van der Waals surface area contributed by atoms with Crippen LogP contribution in [0.5, 0.6) is 0 Å². The molecule has 31 atom stereocenters. The maximum Gasteiger partial charge on any atom is 0.189 e. The standard InChI is InChI=1S/C50H80O21/c1-19-9-14-50(62-18-19)20(2)30-28(71-50)16-27-25-8-7-23-15-24(10-12-48(23,5)26(25)11-13-49(27,30)6)65-47-42(69-45-37(58)34(55)32(53)22(4)64-45)39(60)40(29(17-51)66-47)67-46-38(59)35(56)41(43(61)70-46)68-44-36(57)33(54)31(52)21(3)63-44/h7,19-22,24-47,51-61H,8-18H2,1-6H3. The largest absolute Gasteiger partial charge is 0.394 e. The third-order valence-corrected chi connectivity index (χ3v) is 19.5. The molecule has 0 radical (unpaired) electrons. The number of rotatable bonds is 9. The monoisotopic (exact) mass is 1020 g/mol. The fourth-order valence-corrected chi connectivity index (χ4v) is 15.2. The van der Waals surface area contributed by atoms with Crippen molar-refractivity contribution in [2.45, 2.75) is 240 Å². The van der Waals surface area contributed by atoms with Gasteiger partial charge in [0.05, 0.1) is 37.6 Å². The summed E-state index contributed by atoms with van der Waals surface area (Å²) in [4.78, 5) is 0. The molecule has 6 aliphatic heterocycles. The normalized spacial score (nSPS) is 58.4. The smallest absolute Gasteiger partial charge is 0.189 e. The van der Waals surface area contributed by atoms with Gasteiger partial charge in [-0.1, -0.05) is 39.3 Å². The molecule has 0 bridgehead atoms. The van der Waals surface area contributed by atoms with Gasteiger partial charge in [-0.2, -0.15) is 0 Å². The van der Waals surface area contributed by atoms with Crippen molar-refractivity contribution in [1.29, 1.82) is 0 Å². The van der Waals surface area contributed by atoms with Crippen molar-refractivity contribution >= 4 is 0 Å². The van der Waals surface area contributed by atoms with E-state index < -0.39 is 142 Å². The number of aliphatic hydroxyl groups excluding tert-OH is 11. The first kappa shape index (κ1) is 53.3. The van der Waals surface area contributed by atoms with Crippen LogP contribution in [0.2, 0.25) is 0 Å². The first-order valence-corrected chi connectivity index (χ1v) is 26.3. The molecular formula is C50H80O21. The number of aliphatic hydroxyl groups is 11. The van der Waals surface area contributed by atoms with Crippen LogP contribution in [0.15, 0.2) is 11.6 Å². The maximum atomic E-state index is 12.2. The van der Waals surface area contributed by atoms with Crippen LogP contribution in [0.1, 0.15) is 99.3 Å². The molecule has 6 saturated heterocycles. The lowest BCUT2D eigenvalue weighted by Gasteiger charge is -2.58. The summed E-state index contributed by atoms with van der Waals surface area (Å²) in [5, 5.41) is 119. The van der Waals surface area contributed by atoms with Crippen molar-refractivity contribution in [3.63, 3.8) is 0 Å². The van der Waals surface area contributed by atoms with Crippen LogP contribution >= 0.6 is 0 Å². The van der Waals surface area contributed by atoms with Crippen LogP contribution in [-0.2, 0) is 47.4 Å². The van der Waals surface area contributed by atoms with E-state index in [2.05, 4.69) is 33.8 Å². The molecule has 406 valence electrons. The highest BCUT2D eigenvalue weighted by atomic mass is 16.8. The summed E-state index contributed by atoms with van der Waals surface area (Å²) in [6, 6.07) is 0. The molecule has 10 aliphatic rings. The summed E-state index contributed by atoms with van der Waals surface area (Å²) in [6.45, 7) is 12.4. The average Bonchev–Trinajstić information content (AvgIpc) is 3.79. The lowest BCUT2D eigenvalue weighted by molar-refractivity contribution is -0.408. The van der Waals surface area contributed by atoms with E-state index in [-0.39, 0.29) is 16.9 Å². The predicted octanol–water partition coefficient (Wildman–Crippen LogP) is -0.977. The summed E-state index contributed by atoms with van der Waals surface area (Å²) in [7, 11) is 0. The molecule has 11 N–H and O–H groups in total. The predicted molar refractivity (Wildman–Crippen MR) is 241 cm³/mol. The van der Waals surface area contributed by atoms with E-state index in [0.29, 0.717) is 48.3 Å². The quantitative estimate of drug-likeness (QED) is 0.124. The van der Waals surface area contributed by atoms with Crippen LogP contribution in [0.4, 0.5) is 0 Å². The molecule has 6 heterocycles. The molecule has 10 rings (SSSR count). The molecule has 0 amide bonds. The van der Waals surface area contributed by atoms with E-state index in [0.717, 1.165) is 51.6 Å². The van der Waals surface area contributed by atoms with Gasteiger partial charge in [0.1, 0.15) is 79.4 Å². The SMILES string of the molecule is CC1CCC2(OC1)OC1CC3C4CC=C5CC(OC6OC(CO)C(OC7OC(O)C(OC8OC(C)C(O)C(O)C8O)C(O)C7O)C(O)C6OC6OC(C)C(O)C(O)C6O)CCC5(C)C4CCC3(C)C1C2C. The van der Waals surface area contributed by atoms with Crippen LogP contribution in [-0.4, -0.2) is 210 Å². The molecule has 71 heavy (non-hydrogen) atoms. The summed E-state index contributed by atoms with van der Waals surface area (Å²) in [5.41, 5.74) is 1.38. The minimum atomic E-state index is -2.06. The van der Waals surface area contributed by atoms with E-state index in [9.17, 15) is 56.2 Å². The van der Waals surface area contributed by atoms with Crippen LogP contribution in [0.3, 0.4) is 0 Å². The van der Waals surface area contributed by atoms with Crippen molar-refractivity contribution in [2.24, 2.45) is 46.3 Å². The molecule has 4 aliphatic carbocycles. The Morgan fingerprint density at radius 1 is 0.606 bits per heavy atom. The van der Waals surface area contributed by atoms with E-state index >= 15 is 0 Å². The Morgan fingerprint density at radius 3 is 1.86 bits per heavy atom. The van der Waals surface area contributed by atoms with Crippen molar-refractivity contribution in [2.75, 3.05) is 13.2 Å². The fraction of sp³-hybridized carbons (Fsp3) is 0.960. The second-order valence-electron chi connectivity index (χ2n) is 23.5. The Balaban J connectivity index is 0.836. The topological polar surface area (TPSA) is 315 Å². The molecule has 0 aromatic rings. The van der Waals surface area contributed by atoms with Crippen molar-refractivity contribution in [1.82, 2.24) is 0 Å². The van der Waals surface area contributed by atoms with Gasteiger partial charge in [-0.3, -0.25) is 0 Å². The maximum absolute atomic E-state index is 12.2. The molecule has 31 unspecified atom stereocenters. The third kappa shape index (κ3) is 9.02. The Hall–Kier alpha value is -1.10. The number of allylic oxidation sites excluding steroid dienone is 1. The van der Waals surface area contributed by atoms with E-state index in [4.69, 9.17) is 47.4 Å². The van der Waals surface area contributed by atoms with Gasteiger partial charge in [0.25, 0.3) is 0 Å². The zero-order valence-corrected chi connectivity index (χ0v) is 41.5. The molecule has 0 aromatic heterocycles. The zero-order chi connectivity index (χ0) is 50.8. The molecular weight excluding hydrogens is 937 g/mol. The van der Waals surface area contributed by atoms with Gasteiger partial charge in [-0.05, 0) is 106 Å². The van der Waals surface area contributed by atoms with Gasteiger partial charge in [0.2, 0.25) is 0 Å². The Kier molecular flexibility index (Phi) is 15.0. The second kappa shape index (κ2) is 20.0. The Labute approximate surface area is 414 Å². The lowest BCUT2D eigenvalue weighted by atomic mass is 9.47. The van der Waals surface area contributed by atoms with Crippen LogP contribution < -0.4 is 0 Å². The summed E-state index contributed by atoms with van der Waals surface area (Å²) >= 11 is 0. The average molecular weight is 1020 g/mol. The highest BCUT2D eigenvalue weighted by Crippen LogP contribution is 2.71. The summed E-state index contributed by atoms with van der Waals surface area (Å²) in [6.07, 6.45) is -22.3. The van der Waals surface area contributed by atoms with Crippen molar-refractivity contribution in [3.05, 3.63) is 11.6 Å². The first-order valence-electron chi connectivity index (χ1n) is 26.3. The third-order valence-electron chi connectivity index (χ3n) is 19.5. The lowest BCUT2D eigenvalue weighted by Crippen LogP contribution is -2.67. The minimum absolute atomic E-state index is 0.0773. The van der Waals surface area contributed by atoms with Gasteiger partial charge >= 0.3 is 0 Å². The fourth-order valence-electron chi connectivity index (χ4n) is 15.2. The molecule has 21 nitrogen and oxygen atoms in total. The number of hydrogen-bond acceptors (Lipinski definition) is 21. The van der Waals surface area contributed by atoms with Gasteiger partial charge in [0.15, 0.2) is 37.2 Å². The first-order chi connectivity index (χ1) is 33.6. The van der Waals surface area contributed by atoms with E-state index in [1.165, 1.54) is 19.4 Å². The number of ether oxygens (including phenoxy) is 10. The van der Waals surface area contributed by atoms with E-state index in [1.807, 2.05) is 0 Å². The Bertz CT molecular complexity index is 1890. The highest BCUT2D eigenvalue weighted by molar-refractivity contribution is 5.26. The molecule has 1 spiro atoms. The number of fused-ring (bicyclic) bond motifs is 7. The summed E-state index contributed by atoms with van der Waals surface area (Å²) in [5.74, 6) is 2.38. The molecule has 9 fully saturated rings. The van der Waals surface area contributed by atoms with Gasteiger partial charge in [0, 0.05) is 12.3 Å². The minimum Gasteiger partial charge on any atom is -0.394 e. The second-order valence-corrected chi connectivity index (χ2v) is 23.5. The van der Waals surface area contributed by atoms with Gasteiger partial charge in [-0.15, -0.1) is 0 Å².